The first-order valence-corrected chi connectivity index (χ1v) is 6.19. The Balaban J connectivity index is 2.33. The SMILES string of the molecule is CCOC(=O)/C=C1/CCC(C)c2ccccc21. The second-order valence-electron chi connectivity index (χ2n) is 4.45. The van der Waals surface area contributed by atoms with Crippen LogP contribution in [-0.2, 0) is 9.53 Å². The average Bonchev–Trinajstić information content (AvgIpc) is 2.34. The number of ether oxygens (including phenoxy) is 1. The molecule has 1 aromatic rings. The fourth-order valence-corrected chi connectivity index (χ4v) is 2.36. The molecular formula is C15H18O2. The van der Waals surface area contributed by atoms with Crippen LogP contribution >= 0.6 is 0 Å². The van der Waals surface area contributed by atoms with Crippen LogP contribution in [0.1, 0.15) is 43.7 Å². The Kier molecular flexibility index (Phi) is 3.62. The number of carbonyl (C=O) groups excluding carboxylic acids is 1. The van der Waals surface area contributed by atoms with E-state index in [1.807, 2.05) is 13.0 Å². The van der Waals surface area contributed by atoms with E-state index >= 15 is 0 Å². The zero-order chi connectivity index (χ0) is 12.3. The first kappa shape index (κ1) is 11.9. The topological polar surface area (TPSA) is 26.3 Å². The molecule has 0 N–H and O–H groups in total. The van der Waals surface area contributed by atoms with Crippen LogP contribution in [0.3, 0.4) is 0 Å². The number of carbonyl (C=O) groups is 1. The molecule has 0 saturated carbocycles. The first-order valence-electron chi connectivity index (χ1n) is 6.19. The standard InChI is InChI=1S/C15H18O2/c1-3-17-15(16)10-12-9-8-11(2)13-6-4-5-7-14(12)13/h4-7,10-11H,3,8-9H2,1-2H3/b12-10-. The van der Waals surface area contributed by atoms with Crippen molar-refractivity contribution in [1.29, 1.82) is 0 Å². The molecule has 0 amide bonds. The van der Waals surface area contributed by atoms with Crippen molar-refractivity contribution in [2.75, 3.05) is 6.61 Å². The maximum absolute atomic E-state index is 11.5. The minimum Gasteiger partial charge on any atom is -0.463 e. The van der Waals surface area contributed by atoms with Gasteiger partial charge in [-0.25, -0.2) is 4.79 Å². The minimum absolute atomic E-state index is 0.230. The van der Waals surface area contributed by atoms with Gasteiger partial charge in [0, 0.05) is 6.08 Å². The molecule has 0 heterocycles. The molecule has 0 radical (unpaired) electrons. The van der Waals surface area contributed by atoms with Gasteiger partial charge < -0.3 is 4.74 Å². The number of fused-ring (bicyclic) bond motifs is 1. The molecule has 0 saturated heterocycles. The van der Waals surface area contributed by atoms with E-state index < -0.39 is 0 Å². The van der Waals surface area contributed by atoms with Crippen LogP contribution < -0.4 is 0 Å². The maximum atomic E-state index is 11.5. The first-order chi connectivity index (χ1) is 8.22. The normalized spacial score (nSPS) is 21.1. The lowest BCUT2D eigenvalue weighted by Crippen LogP contribution is -2.08. The summed E-state index contributed by atoms with van der Waals surface area (Å²) in [6.45, 7) is 4.49. The number of rotatable bonds is 2. The lowest BCUT2D eigenvalue weighted by atomic mass is 9.81. The van der Waals surface area contributed by atoms with Crippen LogP contribution in [-0.4, -0.2) is 12.6 Å². The summed E-state index contributed by atoms with van der Waals surface area (Å²) in [5, 5.41) is 0. The molecular weight excluding hydrogens is 212 g/mol. The van der Waals surface area contributed by atoms with Crippen molar-refractivity contribution >= 4 is 11.5 Å². The highest BCUT2D eigenvalue weighted by Gasteiger charge is 2.20. The monoisotopic (exact) mass is 230 g/mol. The molecule has 0 fully saturated rings. The summed E-state index contributed by atoms with van der Waals surface area (Å²) in [5.74, 6) is 0.345. The van der Waals surface area contributed by atoms with Crippen LogP contribution in [0.15, 0.2) is 30.3 Å². The van der Waals surface area contributed by atoms with Gasteiger partial charge in [-0.1, -0.05) is 31.2 Å². The van der Waals surface area contributed by atoms with Crippen molar-refractivity contribution in [2.45, 2.75) is 32.6 Å². The van der Waals surface area contributed by atoms with Crippen molar-refractivity contribution in [3.63, 3.8) is 0 Å². The summed E-state index contributed by atoms with van der Waals surface area (Å²) >= 11 is 0. The molecule has 1 aromatic carbocycles. The molecule has 0 bridgehead atoms. The Morgan fingerprint density at radius 1 is 1.47 bits per heavy atom. The highest BCUT2D eigenvalue weighted by Crippen LogP contribution is 2.37. The summed E-state index contributed by atoms with van der Waals surface area (Å²) in [6, 6.07) is 8.33. The quantitative estimate of drug-likeness (QED) is 0.574. The smallest absolute Gasteiger partial charge is 0.331 e. The van der Waals surface area contributed by atoms with Crippen LogP contribution in [0.4, 0.5) is 0 Å². The predicted molar refractivity (Wildman–Crippen MR) is 68.7 cm³/mol. The number of allylic oxidation sites excluding steroid dienone is 1. The molecule has 2 nitrogen and oxygen atoms in total. The number of hydrogen-bond donors (Lipinski definition) is 0. The summed E-state index contributed by atoms with van der Waals surface area (Å²) in [5.41, 5.74) is 3.66. The fraction of sp³-hybridized carbons (Fsp3) is 0.400. The maximum Gasteiger partial charge on any atom is 0.331 e. The second kappa shape index (κ2) is 5.17. The van der Waals surface area contributed by atoms with Gasteiger partial charge in [0.05, 0.1) is 6.61 Å². The Morgan fingerprint density at radius 2 is 2.24 bits per heavy atom. The summed E-state index contributed by atoms with van der Waals surface area (Å²) < 4.78 is 4.97. The van der Waals surface area contributed by atoms with Crippen LogP contribution in [0, 0.1) is 0 Å². The van der Waals surface area contributed by atoms with E-state index in [0.717, 1.165) is 18.4 Å². The molecule has 1 unspecified atom stereocenters. The molecule has 1 aliphatic rings. The third-order valence-electron chi connectivity index (χ3n) is 3.26. The number of benzene rings is 1. The van der Waals surface area contributed by atoms with Gasteiger partial charge in [0.1, 0.15) is 0 Å². The molecule has 0 aliphatic heterocycles. The highest BCUT2D eigenvalue weighted by atomic mass is 16.5. The summed E-state index contributed by atoms with van der Waals surface area (Å²) in [4.78, 5) is 11.5. The van der Waals surface area contributed by atoms with Crippen LogP contribution in [0.5, 0.6) is 0 Å². The van der Waals surface area contributed by atoms with E-state index in [-0.39, 0.29) is 5.97 Å². The van der Waals surface area contributed by atoms with Gasteiger partial charge in [-0.2, -0.15) is 0 Å². The second-order valence-corrected chi connectivity index (χ2v) is 4.45. The third-order valence-corrected chi connectivity index (χ3v) is 3.26. The van der Waals surface area contributed by atoms with Gasteiger partial charge in [0.15, 0.2) is 0 Å². The number of hydrogen-bond acceptors (Lipinski definition) is 2. The van der Waals surface area contributed by atoms with Crippen LogP contribution in [0.2, 0.25) is 0 Å². The van der Waals surface area contributed by atoms with E-state index in [0.29, 0.717) is 12.5 Å². The Labute approximate surface area is 102 Å². The van der Waals surface area contributed by atoms with E-state index in [2.05, 4.69) is 25.1 Å². The van der Waals surface area contributed by atoms with Crippen molar-refractivity contribution < 1.29 is 9.53 Å². The lowest BCUT2D eigenvalue weighted by Gasteiger charge is -2.24. The van der Waals surface area contributed by atoms with Gasteiger partial charge in [-0.15, -0.1) is 0 Å². The summed E-state index contributed by atoms with van der Waals surface area (Å²) in [6.07, 6.45) is 3.70. The van der Waals surface area contributed by atoms with E-state index in [1.54, 1.807) is 6.08 Å². The Hall–Kier alpha value is -1.57. The molecule has 1 atom stereocenters. The van der Waals surface area contributed by atoms with Gasteiger partial charge >= 0.3 is 5.97 Å². The Morgan fingerprint density at radius 3 is 3.00 bits per heavy atom. The van der Waals surface area contributed by atoms with Crippen LogP contribution in [0.25, 0.3) is 5.57 Å². The van der Waals surface area contributed by atoms with E-state index in [1.165, 1.54) is 11.1 Å². The molecule has 90 valence electrons. The largest absolute Gasteiger partial charge is 0.463 e. The molecule has 0 spiro atoms. The zero-order valence-electron chi connectivity index (χ0n) is 10.4. The number of esters is 1. The molecule has 2 heteroatoms. The predicted octanol–water partition coefficient (Wildman–Crippen LogP) is 3.53. The van der Waals surface area contributed by atoms with Crippen molar-refractivity contribution in [1.82, 2.24) is 0 Å². The molecule has 0 aromatic heterocycles. The molecule has 1 aliphatic carbocycles. The zero-order valence-corrected chi connectivity index (χ0v) is 10.4. The summed E-state index contributed by atoms with van der Waals surface area (Å²) in [7, 11) is 0. The van der Waals surface area contributed by atoms with E-state index in [9.17, 15) is 4.79 Å². The highest BCUT2D eigenvalue weighted by molar-refractivity contribution is 5.92. The van der Waals surface area contributed by atoms with Gasteiger partial charge in [-0.05, 0) is 42.4 Å². The molecule has 17 heavy (non-hydrogen) atoms. The average molecular weight is 230 g/mol. The minimum atomic E-state index is -0.230. The third kappa shape index (κ3) is 2.57. The fourth-order valence-electron chi connectivity index (χ4n) is 2.36. The van der Waals surface area contributed by atoms with E-state index in [4.69, 9.17) is 4.74 Å². The van der Waals surface area contributed by atoms with Crippen molar-refractivity contribution in [3.05, 3.63) is 41.5 Å². The molecule has 2 rings (SSSR count). The lowest BCUT2D eigenvalue weighted by molar-refractivity contribution is -0.137. The van der Waals surface area contributed by atoms with Gasteiger partial charge in [0.25, 0.3) is 0 Å². The van der Waals surface area contributed by atoms with Crippen molar-refractivity contribution in [2.24, 2.45) is 0 Å². The Bertz CT molecular complexity index is 446. The van der Waals surface area contributed by atoms with Crippen molar-refractivity contribution in [3.8, 4) is 0 Å². The van der Waals surface area contributed by atoms with Gasteiger partial charge in [0.2, 0.25) is 0 Å². The van der Waals surface area contributed by atoms with Gasteiger partial charge in [-0.3, -0.25) is 0 Å².